The normalized spacial score (nSPS) is 15.8. The zero-order chi connectivity index (χ0) is 16.1. The van der Waals surface area contributed by atoms with Crippen molar-refractivity contribution in [3.8, 4) is 0 Å². The number of rotatable bonds is 5. The molecule has 1 saturated heterocycles. The first kappa shape index (κ1) is 16.4. The van der Waals surface area contributed by atoms with Crippen LogP contribution < -0.4 is 0 Å². The van der Waals surface area contributed by atoms with Crippen molar-refractivity contribution < 1.29 is 9.53 Å². The van der Waals surface area contributed by atoms with Crippen LogP contribution in [-0.4, -0.2) is 46.2 Å². The molecule has 122 valence electrons. The number of ether oxygens (including phenoxy) is 1. The molecular formula is C16H19N3O2S2. The van der Waals surface area contributed by atoms with Gasteiger partial charge in [0.1, 0.15) is 10.7 Å². The molecule has 1 aliphatic rings. The Morgan fingerprint density at radius 2 is 2.26 bits per heavy atom. The molecule has 2 aromatic rings. The molecule has 7 heteroatoms. The van der Waals surface area contributed by atoms with E-state index in [9.17, 15) is 4.79 Å². The average Bonchev–Trinajstić information content (AvgIpc) is 3.05. The van der Waals surface area contributed by atoms with Crippen LogP contribution in [0.2, 0.25) is 0 Å². The zero-order valence-electron chi connectivity index (χ0n) is 13.0. The molecule has 0 aliphatic carbocycles. The van der Waals surface area contributed by atoms with Gasteiger partial charge in [-0.1, -0.05) is 6.07 Å². The predicted molar refractivity (Wildman–Crippen MR) is 91.8 cm³/mol. The summed E-state index contributed by atoms with van der Waals surface area (Å²) in [5, 5.41) is 4.25. The van der Waals surface area contributed by atoms with Gasteiger partial charge in [0, 0.05) is 37.0 Å². The van der Waals surface area contributed by atoms with Crippen LogP contribution in [0, 0.1) is 0 Å². The first-order chi connectivity index (χ1) is 11.3. The first-order valence-electron chi connectivity index (χ1n) is 7.56. The molecule has 23 heavy (non-hydrogen) atoms. The lowest BCUT2D eigenvalue weighted by Gasteiger charge is -2.31. The molecule has 0 saturated carbocycles. The lowest BCUT2D eigenvalue weighted by Crippen LogP contribution is -2.39. The van der Waals surface area contributed by atoms with Crippen molar-refractivity contribution in [3.63, 3.8) is 0 Å². The van der Waals surface area contributed by atoms with Crippen molar-refractivity contribution >= 4 is 29.0 Å². The van der Waals surface area contributed by atoms with Crippen molar-refractivity contribution in [1.82, 2.24) is 14.9 Å². The van der Waals surface area contributed by atoms with E-state index < -0.39 is 0 Å². The maximum Gasteiger partial charge on any atom is 0.273 e. The highest BCUT2D eigenvalue weighted by atomic mass is 32.2. The van der Waals surface area contributed by atoms with Gasteiger partial charge in [0.15, 0.2) is 0 Å². The summed E-state index contributed by atoms with van der Waals surface area (Å²) in [6.07, 6.45) is 3.80. The maximum atomic E-state index is 12.5. The van der Waals surface area contributed by atoms with E-state index in [1.54, 1.807) is 18.9 Å². The Morgan fingerprint density at radius 1 is 1.43 bits per heavy atom. The van der Waals surface area contributed by atoms with Gasteiger partial charge in [0.2, 0.25) is 0 Å². The average molecular weight is 349 g/mol. The van der Waals surface area contributed by atoms with Gasteiger partial charge in [-0.2, -0.15) is 0 Å². The fourth-order valence-corrected chi connectivity index (χ4v) is 4.33. The van der Waals surface area contributed by atoms with E-state index in [4.69, 9.17) is 4.74 Å². The fraction of sp³-hybridized carbons (Fsp3) is 0.438. The molecule has 3 heterocycles. The second kappa shape index (κ2) is 7.90. The van der Waals surface area contributed by atoms with E-state index in [1.807, 2.05) is 34.7 Å². The van der Waals surface area contributed by atoms with Crippen LogP contribution in [0.5, 0.6) is 0 Å². The second-order valence-electron chi connectivity index (χ2n) is 5.34. The van der Waals surface area contributed by atoms with E-state index >= 15 is 0 Å². The van der Waals surface area contributed by atoms with Crippen LogP contribution in [-0.2, 0) is 11.3 Å². The monoisotopic (exact) mass is 349 g/mol. The topological polar surface area (TPSA) is 55.3 Å². The Balaban J connectivity index is 1.52. The molecule has 1 aliphatic heterocycles. The van der Waals surface area contributed by atoms with Gasteiger partial charge in [-0.3, -0.25) is 4.79 Å². The van der Waals surface area contributed by atoms with Gasteiger partial charge in [-0.15, -0.1) is 23.1 Å². The number of pyridine rings is 1. The Morgan fingerprint density at radius 3 is 2.96 bits per heavy atom. The molecular weight excluding hydrogens is 330 g/mol. The van der Waals surface area contributed by atoms with E-state index in [1.165, 1.54) is 11.3 Å². The summed E-state index contributed by atoms with van der Waals surface area (Å²) >= 11 is 3.28. The molecule has 0 radical (unpaired) electrons. The summed E-state index contributed by atoms with van der Waals surface area (Å²) in [6, 6.07) is 5.97. The summed E-state index contributed by atoms with van der Waals surface area (Å²) < 4.78 is 5.05. The number of amides is 1. The minimum atomic E-state index is 0.0323. The van der Waals surface area contributed by atoms with E-state index in [2.05, 4.69) is 9.97 Å². The number of nitrogens with zero attached hydrogens (tertiary/aromatic N) is 3. The van der Waals surface area contributed by atoms with Crippen molar-refractivity contribution in [1.29, 1.82) is 0 Å². The molecule has 1 amide bonds. The van der Waals surface area contributed by atoms with Gasteiger partial charge in [-0.25, -0.2) is 9.97 Å². The van der Waals surface area contributed by atoms with Crippen molar-refractivity contribution in [2.24, 2.45) is 0 Å². The number of carbonyl (C=O) groups is 1. The molecule has 5 nitrogen and oxygen atoms in total. The number of methoxy groups -OCH3 is 1. The van der Waals surface area contributed by atoms with Crippen LogP contribution in [0.25, 0.3) is 0 Å². The molecule has 3 rings (SSSR count). The lowest BCUT2D eigenvalue weighted by molar-refractivity contribution is 0.0721. The third-order valence-corrected chi connectivity index (χ3v) is 5.80. The number of hydrogen-bond acceptors (Lipinski definition) is 6. The van der Waals surface area contributed by atoms with Gasteiger partial charge in [0.05, 0.1) is 11.6 Å². The third-order valence-electron chi connectivity index (χ3n) is 3.69. The SMILES string of the molecule is COCc1nc(C(=O)N2CCC(Sc3ccccn3)CC2)cs1. The summed E-state index contributed by atoms with van der Waals surface area (Å²) in [5.74, 6) is 0.0323. The molecule has 0 unspecified atom stereocenters. The Kier molecular flexibility index (Phi) is 5.64. The highest BCUT2D eigenvalue weighted by Gasteiger charge is 2.25. The quantitative estimate of drug-likeness (QED) is 0.830. The smallest absolute Gasteiger partial charge is 0.273 e. The fourth-order valence-electron chi connectivity index (χ4n) is 2.53. The van der Waals surface area contributed by atoms with Crippen molar-refractivity contribution in [2.75, 3.05) is 20.2 Å². The molecule has 0 spiro atoms. The lowest BCUT2D eigenvalue weighted by atomic mass is 10.1. The maximum absolute atomic E-state index is 12.5. The van der Waals surface area contributed by atoms with E-state index in [0.29, 0.717) is 17.6 Å². The van der Waals surface area contributed by atoms with Gasteiger partial charge in [0.25, 0.3) is 5.91 Å². The van der Waals surface area contributed by atoms with Crippen LogP contribution >= 0.6 is 23.1 Å². The van der Waals surface area contributed by atoms with Crippen LogP contribution in [0.1, 0.15) is 28.3 Å². The number of likely N-dealkylation sites (tertiary alicyclic amines) is 1. The molecule has 0 atom stereocenters. The summed E-state index contributed by atoms with van der Waals surface area (Å²) in [5.41, 5.74) is 0.540. The summed E-state index contributed by atoms with van der Waals surface area (Å²) in [4.78, 5) is 23.1. The standard InChI is InChI=1S/C16H19N3O2S2/c1-21-10-15-18-13(11-22-15)16(20)19-8-5-12(6-9-19)23-14-4-2-3-7-17-14/h2-4,7,11-12H,5-6,8-10H2,1H3. The Hall–Kier alpha value is -1.44. The van der Waals surface area contributed by atoms with Gasteiger partial charge in [-0.05, 0) is 25.0 Å². The number of thioether (sulfide) groups is 1. The number of carbonyl (C=O) groups excluding carboxylic acids is 1. The van der Waals surface area contributed by atoms with E-state index in [0.717, 1.165) is 36.0 Å². The highest BCUT2D eigenvalue weighted by Crippen LogP contribution is 2.29. The Bertz CT molecular complexity index is 640. The van der Waals surface area contributed by atoms with Crippen LogP contribution in [0.3, 0.4) is 0 Å². The first-order valence-corrected chi connectivity index (χ1v) is 9.32. The minimum Gasteiger partial charge on any atom is -0.378 e. The minimum absolute atomic E-state index is 0.0323. The number of thiazole rings is 1. The van der Waals surface area contributed by atoms with Crippen molar-refractivity contribution in [3.05, 3.63) is 40.5 Å². The van der Waals surface area contributed by atoms with Gasteiger partial charge < -0.3 is 9.64 Å². The third kappa shape index (κ3) is 4.31. The molecule has 0 bridgehead atoms. The highest BCUT2D eigenvalue weighted by molar-refractivity contribution is 7.99. The molecule has 2 aromatic heterocycles. The van der Waals surface area contributed by atoms with Crippen molar-refractivity contribution in [2.45, 2.75) is 29.7 Å². The van der Waals surface area contributed by atoms with Crippen LogP contribution in [0.15, 0.2) is 34.8 Å². The van der Waals surface area contributed by atoms with Crippen LogP contribution in [0.4, 0.5) is 0 Å². The second-order valence-corrected chi connectivity index (χ2v) is 7.60. The Labute approximate surface area is 144 Å². The number of aromatic nitrogens is 2. The number of hydrogen-bond donors (Lipinski definition) is 0. The molecule has 0 aromatic carbocycles. The van der Waals surface area contributed by atoms with E-state index in [-0.39, 0.29) is 5.91 Å². The van der Waals surface area contributed by atoms with Gasteiger partial charge >= 0.3 is 0 Å². The predicted octanol–water partition coefficient (Wildman–Crippen LogP) is 3.08. The number of piperidine rings is 1. The zero-order valence-corrected chi connectivity index (χ0v) is 14.6. The molecule has 0 N–H and O–H groups in total. The summed E-state index contributed by atoms with van der Waals surface area (Å²) in [6.45, 7) is 2.02. The largest absolute Gasteiger partial charge is 0.378 e. The molecule has 1 fully saturated rings. The summed E-state index contributed by atoms with van der Waals surface area (Å²) in [7, 11) is 1.63.